The zero-order chi connectivity index (χ0) is 20.4. The molecule has 2 nitrogen and oxygen atoms in total. The van der Waals surface area contributed by atoms with Gasteiger partial charge in [0, 0.05) is 41.3 Å². The standard InChI is InChI=1S/C27H28N2/c1-20-9-5-6-10-24(20)27-15-13-23(19-29(27)4)18-22-12-14-25(21(2)17-22)26-11-7-8-16-28(26)3/h5-17,19H,18H2,1-4H3/q+2. The first kappa shape index (κ1) is 19.1. The number of aromatic nitrogens is 2. The van der Waals surface area contributed by atoms with Crippen LogP contribution in [0.15, 0.2) is 85.2 Å². The summed E-state index contributed by atoms with van der Waals surface area (Å²) < 4.78 is 4.41. The van der Waals surface area contributed by atoms with Crippen LogP contribution in [0, 0.1) is 13.8 Å². The molecule has 0 unspecified atom stereocenters. The average molecular weight is 381 g/mol. The Kier molecular flexibility index (Phi) is 5.26. The Bertz CT molecular complexity index is 1080. The van der Waals surface area contributed by atoms with E-state index in [0.29, 0.717) is 0 Å². The molecule has 4 aromatic rings. The summed E-state index contributed by atoms with van der Waals surface area (Å²) in [4.78, 5) is 0. The second kappa shape index (κ2) is 8.00. The van der Waals surface area contributed by atoms with Crippen LogP contribution in [0.25, 0.3) is 22.5 Å². The molecule has 0 saturated carbocycles. The minimum atomic E-state index is 0.934. The molecule has 2 aromatic carbocycles. The van der Waals surface area contributed by atoms with E-state index in [4.69, 9.17) is 0 Å². The predicted octanol–water partition coefficient (Wildman–Crippen LogP) is 4.88. The van der Waals surface area contributed by atoms with Crippen molar-refractivity contribution in [3.8, 4) is 22.5 Å². The summed E-state index contributed by atoms with van der Waals surface area (Å²) in [7, 11) is 4.23. The van der Waals surface area contributed by atoms with Gasteiger partial charge in [-0.05, 0) is 54.8 Å². The van der Waals surface area contributed by atoms with E-state index < -0.39 is 0 Å². The van der Waals surface area contributed by atoms with E-state index in [9.17, 15) is 0 Å². The van der Waals surface area contributed by atoms with Crippen LogP contribution in [-0.4, -0.2) is 0 Å². The first-order valence-corrected chi connectivity index (χ1v) is 10.1. The molecular weight excluding hydrogens is 352 g/mol. The van der Waals surface area contributed by atoms with Gasteiger partial charge in [0.05, 0.1) is 0 Å². The van der Waals surface area contributed by atoms with Crippen LogP contribution in [0.1, 0.15) is 22.3 Å². The van der Waals surface area contributed by atoms with E-state index in [1.165, 1.54) is 44.8 Å². The molecule has 4 rings (SSSR count). The SMILES string of the molecule is Cc1cc(Cc2ccc(-c3ccccc3C)[n+](C)c2)ccc1-c1cccc[n+]1C. The van der Waals surface area contributed by atoms with E-state index in [-0.39, 0.29) is 0 Å². The van der Waals surface area contributed by atoms with Crippen LogP contribution in [0.3, 0.4) is 0 Å². The summed E-state index contributed by atoms with van der Waals surface area (Å²) in [5.41, 5.74) is 10.3. The highest BCUT2D eigenvalue weighted by atomic mass is 14.9. The van der Waals surface area contributed by atoms with Gasteiger partial charge in [-0.3, -0.25) is 0 Å². The van der Waals surface area contributed by atoms with Gasteiger partial charge in [0.1, 0.15) is 14.1 Å². The molecule has 0 saturated heterocycles. The van der Waals surface area contributed by atoms with Crippen molar-refractivity contribution in [3.63, 3.8) is 0 Å². The molecule has 0 radical (unpaired) electrons. The van der Waals surface area contributed by atoms with Gasteiger partial charge in [-0.25, -0.2) is 9.13 Å². The Hall–Kier alpha value is -3.26. The third kappa shape index (κ3) is 3.97. The molecule has 0 aliphatic rings. The molecule has 0 spiro atoms. The van der Waals surface area contributed by atoms with E-state index >= 15 is 0 Å². The van der Waals surface area contributed by atoms with E-state index in [1.54, 1.807) is 0 Å². The zero-order valence-corrected chi connectivity index (χ0v) is 17.7. The van der Waals surface area contributed by atoms with Crippen LogP contribution in [-0.2, 0) is 20.5 Å². The zero-order valence-electron chi connectivity index (χ0n) is 17.7. The maximum Gasteiger partial charge on any atom is 0.212 e. The third-order valence-electron chi connectivity index (χ3n) is 5.65. The Labute approximate surface area is 173 Å². The van der Waals surface area contributed by atoms with Crippen LogP contribution in [0.2, 0.25) is 0 Å². The molecule has 0 fully saturated rings. The van der Waals surface area contributed by atoms with Crippen LogP contribution in [0.5, 0.6) is 0 Å². The Morgan fingerprint density at radius 3 is 2.03 bits per heavy atom. The molecule has 2 heterocycles. The lowest BCUT2D eigenvalue weighted by Crippen LogP contribution is -2.31. The Balaban J connectivity index is 1.60. The summed E-state index contributed by atoms with van der Waals surface area (Å²) in [5, 5.41) is 0. The van der Waals surface area contributed by atoms with Gasteiger partial charge in [-0.1, -0.05) is 30.3 Å². The topological polar surface area (TPSA) is 7.76 Å². The molecule has 2 heteroatoms. The van der Waals surface area contributed by atoms with E-state index in [1.807, 2.05) is 0 Å². The minimum Gasteiger partial charge on any atom is -0.201 e. The molecule has 2 aromatic heterocycles. The van der Waals surface area contributed by atoms with Crippen molar-refractivity contribution in [2.24, 2.45) is 14.1 Å². The fourth-order valence-electron chi connectivity index (χ4n) is 4.07. The van der Waals surface area contributed by atoms with Crippen LogP contribution < -0.4 is 9.13 Å². The predicted molar refractivity (Wildman–Crippen MR) is 118 cm³/mol. The van der Waals surface area contributed by atoms with Gasteiger partial charge in [-0.2, -0.15) is 0 Å². The van der Waals surface area contributed by atoms with Crippen molar-refractivity contribution < 1.29 is 9.13 Å². The van der Waals surface area contributed by atoms with Gasteiger partial charge in [0.15, 0.2) is 12.4 Å². The van der Waals surface area contributed by atoms with Crippen molar-refractivity contribution in [1.82, 2.24) is 0 Å². The number of hydrogen-bond donors (Lipinski definition) is 0. The highest BCUT2D eigenvalue weighted by Crippen LogP contribution is 2.23. The summed E-state index contributed by atoms with van der Waals surface area (Å²) in [6.45, 7) is 4.37. The lowest BCUT2D eigenvalue weighted by Gasteiger charge is -2.09. The van der Waals surface area contributed by atoms with Gasteiger partial charge in [0.2, 0.25) is 11.4 Å². The van der Waals surface area contributed by atoms with Gasteiger partial charge in [0.25, 0.3) is 0 Å². The summed E-state index contributed by atoms with van der Waals surface area (Å²) in [6, 6.07) is 26.2. The summed E-state index contributed by atoms with van der Waals surface area (Å²) in [5.74, 6) is 0. The fraction of sp³-hybridized carbons (Fsp3) is 0.185. The molecule has 0 amide bonds. The first-order valence-electron chi connectivity index (χ1n) is 10.1. The number of pyridine rings is 2. The first-order chi connectivity index (χ1) is 14.0. The number of hydrogen-bond acceptors (Lipinski definition) is 0. The lowest BCUT2D eigenvalue weighted by atomic mass is 9.98. The minimum absolute atomic E-state index is 0.934. The van der Waals surface area contributed by atoms with Crippen LogP contribution in [0.4, 0.5) is 0 Å². The molecular formula is C27H28N2+2. The molecule has 0 atom stereocenters. The Morgan fingerprint density at radius 1 is 0.621 bits per heavy atom. The molecule has 0 aliphatic carbocycles. The number of rotatable bonds is 4. The van der Waals surface area contributed by atoms with E-state index in [0.717, 1.165) is 6.42 Å². The number of nitrogens with zero attached hydrogens (tertiary/aromatic N) is 2. The van der Waals surface area contributed by atoms with E-state index in [2.05, 4.69) is 122 Å². The molecule has 29 heavy (non-hydrogen) atoms. The summed E-state index contributed by atoms with van der Waals surface area (Å²) in [6.07, 6.45) is 5.28. The van der Waals surface area contributed by atoms with Gasteiger partial charge >= 0.3 is 0 Å². The fourth-order valence-corrected chi connectivity index (χ4v) is 4.07. The third-order valence-corrected chi connectivity index (χ3v) is 5.65. The highest BCUT2D eigenvalue weighted by molar-refractivity contribution is 5.62. The van der Waals surface area contributed by atoms with Crippen LogP contribution >= 0.6 is 0 Å². The Morgan fingerprint density at radius 2 is 1.31 bits per heavy atom. The molecule has 0 bridgehead atoms. The largest absolute Gasteiger partial charge is 0.212 e. The van der Waals surface area contributed by atoms with Crippen molar-refractivity contribution in [2.75, 3.05) is 0 Å². The second-order valence-electron chi connectivity index (χ2n) is 7.87. The van der Waals surface area contributed by atoms with Crippen molar-refractivity contribution in [2.45, 2.75) is 20.3 Å². The monoisotopic (exact) mass is 380 g/mol. The molecule has 0 aliphatic heterocycles. The number of benzene rings is 2. The van der Waals surface area contributed by atoms with Gasteiger partial charge in [-0.15, -0.1) is 0 Å². The molecule has 144 valence electrons. The molecule has 0 N–H and O–H groups in total. The quantitative estimate of drug-likeness (QED) is 0.446. The lowest BCUT2D eigenvalue weighted by molar-refractivity contribution is -0.660. The average Bonchev–Trinajstić information content (AvgIpc) is 2.70. The normalized spacial score (nSPS) is 10.9. The maximum atomic E-state index is 2.32. The maximum absolute atomic E-state index is 2.32. The van der Waals surface area contributed by atoms with Crippen molar-refractivity contribution in [3.05, 3.63) is 107 Å². The highest BCUT2D eigenvalue weighted by Gasteiger charge is 2.14. The number of aryl methyl sites for hydroxylation is 4. The summed E-state index contributed by atoms with van der Waals surface area (Å²) >= 11 is 0. The smallest absolute Gasteiger partial charge is 0.201 e. The second-order valence-corrected chi connectivity index (χ2v) is 7.87. The van der Waals surface area contributed by atoms with Gasteiger partial charge < -0.3 is 0 Å². The van der Waals surface area contributed by atoms with Crippen molar-refractivity contribution >= 4 is 0 Å². The van der Waals surface area contributed by atoms with Crippen molar-refractivity contribution in [1.29, 1.82) is 0 Å².